The summed E-state index contributed by atoms with van der Waals surface area (Å²) in [5.41, 5.74) is 0.947. The average Bonchev–Trinajstić information content (AvgIpc) is 2.49. The van der Waals surface area contributed by atoms with E-state index in [9.17, 15) is 0 Å². The van der Waals surface area contributed by atoms with Crippen LogP contribution in [-0.4, -0.2) is 6.54 Å². The Morgan fingerprint density at radius 2 is 1.43 bits per heavy atom. The largest absolute Gasteiger partial charge is 0.386 e. The van der Waals surface area contributed by atoms with Crippen LogP contribution in [0.25, 0.3) is 0 Å². The number of allylic oxidation sites excluding steroid dienone is 1. The predicted octanol–water partition coefficient (Wildman–Crippen LogP) is 6.61. The SMILES string of the molecule is C=CC(=C)NCCCCCCCC(C)CCCCCCC. The lowest BCUT2D eigenvalue weighted by Crippen LogP contribution is -2.11. The van der Waals surface area contributed by atoms with Crippen molar-refractivity contribution in [3.63, 3.8) is 0 Å². The van der Waals surface area contributed by atoms with Gasteiger partial charge in [-0.2, -0.15) is 0 Å². The van der Waals surface area contributed by atoms with Gasteiger partial charge in [-0.25, -0.2) is 0 Å². The van der Waals surface area contributed by atoms with Crippen molar-refractivity contribution < 1.29 is 0 Å². The summed E-state index contributed by atoms with van der Waals surface area (Å²) >= 11 is 0. The van der Waals surface area contributed by atoms with Gasteiger partial charge in [0.1, 0.15) is 0 Å². The maximum Gasteiger partial charge on any atom is 0.0261 e. The molecule has 0 saturated carbocycles. The fraction of sp³-hybridized carbons (Fsp3) is 0.800. The molecule has 0 radical (unpaired) electrons. The van der Waals surface area contributed by atoms with Crippen LogP contribution in [0.2, 0.25) is 0 Å². The summed E-state index contributed by atoms with van der Waals surface area (Å²) in [5.74, 6) is 0.934. The number of rotatable bonds is 16. The van der Waals surface area contributed by atoms with E-state index >= 15 is 0 Å². The zero-order valence-corrected chi connectivity index (χ0v) is 14.8. The van der Waals surface area contributed by atoms with E-state index in [1.807, 2.05) is 0 Å². The number of nitrogens with one attached hydrogen (secondary N) is 1. The van der Waals surface area contributed by atoms with Crippen LogP contribution in [0.3, 0.4) is 0 Å². The minimum absolute atomic E-state index is 0.934. The summed E-state index contributed by atoms with van der Waals surface area (Å²) in [7, 11) is 0. The minimum Gasteiger partial charge on any atom is -0.386 e. The summed E-state index contributed by atoms with van der Waals surface area (Å²) in [4.78, 5) is 0. The van der Waals surface area contributed by atoms with Gasteiger partial charge in [-0.1, -0.05) is 97.6 Å². The lowest BCUT2D eigenvalue weighted by atomic mass is 9.96. The van der Waals surface area contributed by atoms with Gasteiger partial charge in [-0.3, -0.25) is 0 Å². The topological polar surface area (TPSA) is 12.0 Å². The first kappa shape index (κ1) is 20.3. The molecule has 0 fully saturated rings. The van der Waals surface area contributed by atoms with Gasteiger partial charge >= 0.3 is 0 Å². The lowest BCUT2D eigenvalue weighted by Gasteiger charge is -2.11. The number of hydrogen-bond acceptors (Lipinski definition) is 1. The van der Waals surface area contributed by atoms with E-state index in [1.54, 1.807) is 6.08 Å². The van der Waals surface area contributed by atoms with Crippen molar-refractivity contribution in [3.05, 3.63) is 24.9 Å². The van der Waals surface area contributed by atoms with E-state index < -0.39 is 0 Å². The quantitative estimate of drug-likeness (QED) is 0.249. The van der Waals surface area contributed by atoms with Crippen molar-refractivity contribution in [2.45, 2.75) is 90.9 Å². The Hall–Kier alpha value is -0.720. The molecule has 0 aromatic carbocycles. The molecule has 1 N–H and O–H groups in total. The maximum absolute atomic E-state index is 3.85. The van der Waals surface area contributed by atoms with Crippen LogP contribution in [0.15, 0.2) is 24.9 Å². The van der Waals surface area contributed by atoms with Gasteiger partial charge in [-0.15, -0.1) is 0 Å². The fourth-order valence-corrected chi connectivity index (χ4v) is 2.71. The van der Waals surface area contributed by atoms with E-state index in [2.05, 4.69) is 32.3 Å². The standard InChI is InChI=1S/C20H39N/c1-5-7-8-10-13-16-19(3)17-14-11-9-12-15-18-21-20(4)6-2/h6,19,21H,2,4-5,7-18H2,1,3H3. The molecule has 0 aliphatic rings. The van der Waals surface area contributed by atoms with Gasteiger partial charge in [0, 0.05) is 12.2 Å². The highest BCUT2D eigenvalue weighted by Crippen LogP contribution is 2.17. The van der Waals surface area contributed by atoms with Crippen molar-refractivity contribution in [1.29, 1.82) is 0 Å². The molecule has 0 saturated heterocycles. The normalized spacial score (nSPS) is 12.1. The van der Waals surface area contributed by atoms with E-state index in [4.69, 9.17) is 0 Å². The van der Waals surface area contributed by atoms with Crippen LogP contribution in [-0.2, 0) is 0 Å². The van der Waals surface area contributed by atoms with E-state index in [0.29, 0.717) is 0 Å². The first-order valence-corrected chi connectivity index (χ1v) is 9.25. The van der Waals surface area contributed by atoms with E-state index in [0.717, 1.165) is 18.2 Å². The molecule has 1 heteroatoms. The van der Waals surface area contributed by atoms with Crippen LogP contribution in [0.1, 0.15) is 90.9 Å². The molecule has 0 aromatic rings. The zero-order chi connectivity index (χ0) is 15.8. The van der Waals surface area contributed by atoms with E-state index in [-0.39, 0.29) is 0 Å². The lowest BCUT2D eigenvalue weighted by molar-refractivity contribution is 0.432. The monoisotopic (exact) mass is 293 g/mol. The Bertz CT molecular complexity index is 244. The summed E-state index contributed by atoms with van der Waals surface area (Å²) in [6, 6.07) is 0. The highest BCUT2D eigenvalue weighted by Gasteiger charge is 2.01. The fourth-order valence-electron chi connectivity index (χ4n) is 2.71. The summed E-state index contributed by atoms with van der Waals surface area (Å²) < 4.78 is 0. The van der Waals surface area contributed by atoms with Crippen LogP contribution in [0.4, 0.5) is 0 Å². The molecule has 0 aromatic heterocycles. The van der Waals surface area contributed by atoms with Crippen molar-refractivity contribution in [3.8, 4) is 0 Å². The van der Waals surface area contributed by atoms with Gasteiger partial charge in [-0.05, 0) is 18.4 Å². The van der Waals surface area contributed by atoms with Crippen molar-refractivity contribution in [2.24, 2.45) is 5.92 Å². The highest BCUT2D eigenvalue weighted by molar-refractivity contribution is 5.07. The smallest absolute Gasteiger partial charge is 0.0261 e. The molecule has 0 rings (SSSR count). The Labute approximate surface area is 134 Å². The first-order valence-electron chi connectivity index (χ1n) is 9.25. The molecule has 0 aliphatic carbocycles. The molecule has 1 atom stereocenters. The second-order valence-corrected chi connectivity index (χ2v) is 6.52. The maximum atomic E-state index is 3.85. The third kappa shape index (κ3) is 15.5. The Kier molecular flexibility index (Phi) is 15.1. The van der Waals surface area contributed by atoms with Gasteiger partial charge in [0.2, 0.25) is 0 Å². The van der Waals surface area contributed by atoms with Gasteiger partial charge in [0.05, 0.1) is 0 Å². The first-order chi connectivity index (χ1) is 10.2. The van der Waals surface area contributed by atoms with Gasteiger partial charge in [0.15, 0.2) is 0 Å². The molecule has 0 heterocycles. The van der Waals surface area contributed by atoms with Crippen LogP contribution in [0, 0.1) is 5.92 Å². The van der Waals surface area contributed by atoms with Gasteiger partial charge < -0.3 is 5.32 Å². The minimum atomic E-state index is 0.934. The molecule has 0 spiro atoms. The summed E-state index contributed by atoms with van der Waals surface area (Å²) in [6.45, 7) is 13.3. The van der Waals surface area contributed by atoms with Crippen molar-refractivity contribution in [1.82, 2.24) is 5.32 Å². The molecule has 0 aliphatic heterocycles. The average molecular weight is 294 g/mol. The second-order valence-electron chi connectivity index (χ2n) is 6.52. The van der Waals surface area contributed by atoms with E-state index in [1.165, 1.54) is 77.0 Å². The molecule has 0 amide bonds. The third-order valence-electron chi connectivity index (χ3n) is 4.27. The Balaban J connectivity index is 3.19. The predicted molar refractivity (Wildman–Crippen MR) is 97.6 cm³/mol. The molecule has 1 nitrogen and oxygen atoms in total. The Morgan fingerprint density at radius 1 is 0.905 bits per heavy atom. The molecular weight excluding hydrogens is 254 g/mol. The molecule has 21 heavy (non-hydrogen) atoms. The summed E-state index contributed by atoms with van der Waals surface area (Å²) in [6.07, 6.45) is 18.5. The number of unbranched alkanes of at least 4 members (excludes halogenated alkanes) is 8. The third-order valence-corrected chi connectivity index (χ3v) is 4.27. The highest BCUT2D eigenvalue weighted by atomic mass is 14.9. The van der Waals surface area contributed by atoms with Crippen LogP contribution >= 0.6 is 0 Å². The van der Waals surface area contributed by atoms with Crippen LogP contribution < -0.4 is 5.32 Å². The molecule has 1 unspecified atom stereocenters. The van der Waals surface area contributed by atoms with Crippen LogP contribution in [0.5, 0.6) is 0 Å². The zero-order valence-electron chi connectivity index (χ0n) is 14.8. The van der Waals surface area contributed by atoms with Crippen molar-refractivity contribution in [2.75, 3.05) is 6.54 Å². The molecule has 124 valence electrons. The number of hydrogen-bond donors (Lipinski definition) is 1. The summed E-state index contributed by atoms with van der Waals surface area (Å²) in [5, 5.41) is 3.27. The van der Waals surface area contributed by atoms with Crippen molar-refractivity contribution >= 4 is 0 Å². The Morgan fingerprint density at radius 3 is 2.00 bits per heavy atom. The molecule has 0 bridgehead atoms. The van der Waals surface area contributed by atoms with Gasteiger partial charge in [0.25, 0.3) is 0 Å². The molecular formula is C20H39N. The second kappa shape index (κ2) is 15.7.